The van der Waals surface area contributed by atoms with Crippen molar-refractivity contribution in [1.82, 2.24) is 0 Å². The number of hydrogen-bond donors (Lipinski definition) is 1. The number of halogens is 1. The van der Waals surface area contributed by atoms with Crippen molar-refractivity contribution >= 4 is 37.3 Å². The minimum absolute atomic E-state index is 0.0830. The SMILES string of the molecule is [Br][Pd+].[CH2-]c1ccccc1CO.c1ccc(P(c2ccccc2)c2ccccc2)cc1. The van der Waals surface area contributed by atoms with Gasteiger partial charge in [0.25, 0.3) is 0 Å². The monoisotopic (exact) mass is 568 g/mol. The molecule has 156 valence electrons. The molecule has 0 aliphatic carbocycles. The van der Waals surface area contributed by atoms with E-state index in [-0.39, 0.29) is 6.61 Å². The summed E-state index contributed by atoms with van der Waals surface area (Å²) in [4.78, 5) is 0. The fourth-order valence-corrected chi connectivity index (χ4v) is 5.20. The van der Waals surface area contributed by atoms with Crippen LogP contribution >= 0.6 is 21.4 Å². The minimum Gasteiger partial charge on any atom is -0.404 e. The van der Waals surface area contributed by atoms with Crippen LogP contribution in [0.4, 0.5) is 0 Å². The summed E-state index contributed by atoms with van der Waals surface area (Å²) in [5, 5.41) is 12.9. The fourth-order valence-electron chi connectivity index (χ4n) is 2.89. The molecule has 0 bridgehead atoms. The number of aliphatic hydroxyl groups excluding tert-OH is 1. The van der Waals surface area contributed by atoms with E-state index >= 15 is 0 Å². The molecule has 4 rings (SSSR count). The second-order valence-corrected chi connectivity index (χ2v) is 8.49. The van der Waals surface area contributed by atoms with Crippen molar-refractivity contribution in [3.63, 3.8) is 0 Å². The maximum atomic E-state index is 8.68. The number of rotatable bonds is 4. The van der Waals surface area contributed by atoms with Gasteiger partial charge in [0.1, 0.15) is 0 Å². The van der Waals surface area contributed by atoms with Gasteiger partial charge in [-0.25, -0.2) is 0 Å². The van der Waals surface area contributed by atoms with Crippen molar-refractivity contribution in [3.8, 4) is 0 Å². The molecule has 0 amide bonds. The van der Waals surface area contributed by atoms with Gasteiger partial charge in [-0.3, -0.25) is 0 Å². The summed E-state index contributed by atoms with van der Waals surface area (Å²) in [5.41, 5.74) is 1.80. The van der Waals surface area contributed by atoms with Crippen LogP contribution in [0.2, 0.25) is 0 Å². The van der Waals surface area contributed by atoms with E-state index in [0.717, 1.165) is 11.1 Å². The topological polar surface area (TPSA) is 20.2 Å². The summed E-state index contributed by atoms with van der Waals surface area (Å²) in [6, 6.07) is 39.9. The zero-order valence-electron chi connectivity index (χ0n) is 16.5. The molecule has 0 aromatic heterocycles. The molecule has 0 aliphatic rings. The van der Waals surface area contributed by atoms with Gasteiger partial charge in [-0.1, -0.05) is 97.1 Å². The summed E-state index contributed by atoms with van der Waals surface area (Å²) in [6.45, 7) is 3.81. The van der Waals surface area contributed by atoms with Crippen LogP contribution in [0.15, 0.2) is 115 Å². The fraction of sp³-hybridized carbons (Fsp3) is 0.0385. The number of aliphatic hydroxyl groups is 1. The Hall–Kier alpha value is -1.72. The van der Waals surface area contributed by atoms with Crippen LogP contribution in [0, 0.1) is 6.92 Å². The molecule has 0 saturated heterocycles. The van der Waals surface area contributed by atoms with Gasteiger partial charge in [0, 0.05) is 6.61 Å². The Bertz CT molecular complexity index is 872. The first kappa shape index (κ1) is 24.6. The first-order valence-corrected chi connectivity index (χ1v) is 14.3. The van der Waals surface area contributed by atoms with Crippen LogP contribution in [0.5, 0.6) is 0 Å². The average Bonchev–Trinajstić information content (AvgIpc) is 2.83. The van der Waals surface area contributed by atoms with Crippen LogP contribution < -0.4 is 15.9 Å². The molecule has 0 fully saturated rings. The average molecular weight is 570 g/mol. The molecule has 0 saturated carbocycles. The van der Waals surface area contributed by atoms with Crippen LogP contribution in [-0.4, -0.2) is 5.11 Å². The Morgan fingerprint density at radius 2 is 0.933 bits per heavy atom. The second kappa shape index (κ2) is 14.3. The molecule has 0 radical (unpaired) electrons. The first-order chi connectivity index (χ1) is 14.8. The van der Waals surface area contributed by atoms with Crippen molar-refractivity contribution < 1.29 is 22.3 Å². The Kier molecular flexibility index (Phi) is 11.7. The van der Waals surface area contributed by atoms with E-state index in [1.54, 1.807) is 0 Å². The first-order valence-electron chi connectivity index (χ1n) is 9.37. The van der Waals surface area contributed by atoms with Gasteiger partial charge in [0.05, 0.1) is 0 Å². The third-order valence-corrected chi connectivity index (χ3v) is 6.78. The standard InChI is InChI=1S/C18H15P.C8H9O.BrH.Pd/c1-4-10-16(11-5-1)19(17-12-6-2-7-13-17)18-14-8-3-9-15-18;1-7-4-2-3-5-8(7)6-9;;/h1-15H;2-5,9H,1,6H2;1H;/q;-1;;+2/p-1. The molecule has 0 aliphatic heterocycles. The molecular formula is C26H24BrOPPd. The molecule has 0 atom stereocenters. The molecule has 4 aromatic carbocycles. The van der Waals surface area contributed by atoms with Crippen molar-refractivity contribution in [3.05, 3.63) is 133 Å². The van der Waals surface area contributed by atoms with Crippen molar-refractivity contribution in [2.75, 3.05) is 0 Å². The molecule has 4 aromatic rings. The Morgan fingerprint density at radius 3 is 1.23 bits per heavy atom. The third-order valence-electron chi connectivity index (χ3n) is 4.33. The van der Waals surface area contributed by atoms with E-state index in [1.807, 2.05) is 24.3 Å². The van der Waals surface area contributed by atoms with Gasteiger partial charge < -0.3 is 5.11 Å². The van der Waals surface area contributed by atoms with Crippen molar-refractivity contribution in [2.24, 2.45) is 0 Å². The van der Waals surface area contributed by atoms with Gasteiger partial charge in [-0.05, 0) is 23.8 Å². The van der Waals surface area contributed by atoms with Crippen molar-refractivity contribution in [2.45, 2.75) is 6.61 Å². The minimum atomic E-state index is -0.446. The summed E-state index contributed by atoms with van der Waals surface area (Å²) in [7, 11) is -0.446. The normalized spacial score (nSPS) is 9.77. The Balaban J connectivity index is 0.000000245. The third kappa shape index (κ3) is 7.51. The van der Waals surface area contributed by atoms with Crippen LogP contribution in [0.3, 0.4) is 0 Å². The van der Waals surface area contributed by atoms with Crippen LogP contribution in [0.1, 0.15) is 11.1 Å². The van der Waals surface area contributed by atoms with Gasteiger partial charge >= 0.3 is 30.6 Å². The van der Waals surface area contributed by atoms with Crippen LogP contribution in [0.25, 0.3) is 0 Å². The van der Waals surface area contributed by atoms with E-state index in [4.69, 9.17) is 5.11 Å². The quantitative estimate of drug-likeness (QED) is 0.191. The molecule has 1 nitrogen and oxygen atoms in total. The molecule has 4 heteroatoms. The summed E-state index contributed by atoms with van der Waals surface area (Å²) in [6.07, 6.45) is 0. The zero-order chi connectivity index (χ0) is 21.6. The number of benzene rings is 4. The smallest absolute Gasteiger partial charge is 0.0244 e. The second-order valence-electron chi connectivity index (χ2n) is 6.27. The molecule has 0 unspecified atom stereocenters. The van der Waals surface area contributed by atoms with E-state index in [9.17, 15) is 0 Å². The molecule has 30 heavy (non-hydrogen) atoms. The molecule has 0 heterocycles. The Labute approximate surface area is 198 Å². The predicted molar refractivity (Wildman–Crippen MR) is 131 cm³/mol. The van der Waals surface area contributed by atoms with Gasteiger partial charge in [0.15, 0.2) is 0 Å². The number of hydrogen-bond acceptors (Lipinski definition) is 1. The largest absolute Gasteiger partial charge is 0.404 e. The summed E-state index contributed by atoms with van der Waals surface area (Å²) in [5.74, 6) is 0. The summed E-state index contributed by atoms with van der Waals surface area (Å²) >= 11 is 5.35. The van der Waals surface area contributed by atoms with E-state index < -0.39 is 7.92 Å². The van der Waals surface area contributed by atoms with Gasteiger partial charge in [-0.15, -0.1) is 17.7 Å². The Morgan fingerprint density at radius 1 is 0.600 bits per heavy atom. The predicted octanol–water partition coefficient (Wildman–Crippen LogP) is 5.65. The van der Waals surface area contributed by atoms with E-state index in [2.05, 4.69) is 129 Å². The molecular weight excluding hydrogens is 546 g/mol. The zero-order valence-corrected chi connectivity index (χ0v) is 20.5. The maximum Gasteiger partial charge on any atom is 0.0244 e. The molecule has 0 spiro atoms. The van der Waals surface area contributed by atoms with Gasteiger partial charge in [0.2, 0.25) is 0 Å². The van der Waals surface area contributed by atoms with Crippen molar-refractivity contribution in [1.29, 1.82) is 0 Å². The summed E-state index contributed by atoms with van der Waals surface area (Å²) < 4.78 is 0. The van der Waals surface area contributed by atoms with E-state index in [1.165, 1.54) is 15.9 Å². The molecule has 1 N–H and O–H groups in total. The van der Waals surface area contributed by atoms with E-state index in [0.29, 0.717) is 0 Å². The maximum absolute atomic E-state index is 8.68. The van der Waals surface area contributed by atoms with Gasteiger partial charge in [-0.2, -0.15) is 18.6 Å². The van der Waals surface area contributed by atoms with Crippen LogP contribution in [-0.2, 0) is 23.8 Å².